The number of morpholine rings is 1. The summed E-state index contributed by atoms with van der Waals surface area (Å²) in [5.41, 5.74) is 6.94. The van der Waals surface area contributed by atoms with E-state index >= 15 is 0 Å². The van der Waals surface area contributed by atoms with Gasteiger partial charge in [-0.3, -0.25) is 4.90 Å². The Bertz CT molecular complexity index is 475. The molecule has 1 unspecified atom stereocenters. The number of rotatable bonds is 5. The van der Waals surface area contributed by atoms with E-state index in [2.05, 4.69) is 36.0 Å². The lowest BCUT2D eigenvalue weighted by Gasteiger charge is -2.46. The Morgan fingerprint density at radius 1 is 1.48 bits per heavy atom. The molecule has 1 saturated heterocycles. The molecule has 0 amide bonds. The van der Waals surface area contributed by atoms with Gasteiger partial charge >= 0.3 is 0 Å². The van der Waals surface area contributed by atoms with Crippen LogP contribution in [0.3, 0.4) is 0 Å². The van der Waals surface area contributed by atoms with Gasteiger partial charge in [0.15, 0.2) is 0 Å². The number of ether oxygens (including phenoxy) is 1. The molecular weight excluding hydrogens is 288 g/mol. The average molecular weight is 313 g/mol. The number of nitrogens with one attached hydrogen (secondary N) is 1. The highest BCUT2D eigenvalue weighted by Crippen LogP contribution is 2.34. The number of aromatic nitrogens is 1. The lowest BCUT2D eigenvalue weighted by Crippen LogP contribution is -2.56. The second-order valence-corrected chi connectivity index (χ2v) is 6.31. The molecule has 0 radical (unpaired) electrons. The van der Waals surface area contributed by atoms with Crippen molar-refractivity contribution >= 4 is 17.4 Å². The Morgan fingerprint density at radius 3 is 2.76 bits per heavy atom. The summed E-state index contributed by atoms with van der Waals surface area (Å²) in [6.07, 6.45) is 1.59. The SMILES string of the molecule is CCNC(c1cc(Cl)cnc1N)C(C)(C)N1CCOCC1. The van der Waals surface area contributed by atoms with Gasteiger partial charge in [0.25, 0.3) is 0 Å². The van der Waals surface area contributed by atoms with Gasteiger partial charge in [-0.15, -0.1) is 0 Å². The van der Waals surface area contributed by atoms with Crippen molar-refractivity contribution in [3.63, 3.8) is 0 Å². The van der Waals surface area contributed by atoms with E-state index in [1.165, 1.54) is 0 Å². The summed E-state index contributed by atoms with van der Waals surface area (Å²) < 4.78 is 5.46. The van der Waals surface area contributed by atoms with Gasteiger partial charge in [0.2, 0.25) is 0 Å². The van der Waals surface area contributed by atoms with Crippen LogP contribution in [0.2, 0.25) is 5.02 Å². The normalized spacial score (nSPS) is 18.7. The summed E-state index contributed by atoms with van der Waals surface area (Å²) in [6.45, 7) is 10.8. The summed E-state index contributed by atoms with van der Waals surface area (Å²) >= 11 is 6.12. The van der Waals surface area contributed by atoms with Crippen LogP contribution in [0.1, 0.15) is 32.4 Å². The number of likely N-dealkylation sites (N-methyl/N-ethyl adjacent to an activating group) is 1. The zero-order valence-corrected chi connectivity index (χ0v) is 13.8. The quantitative estimate of drug-likeness (QED) is 0.871. The van der Waals surface area contributed by atoms with E-state index in [1.54, 1.807) is 6.20 Å². The van der Waals surface area contributed by atoms with Gasteiger partial charge in [0.05, 0.1) is 24.3 Å². The third-order valence-electron chi connectivity index (χ3n) is 4.17. The Morgan fingerprint density at radius 2 is 2.14 bits per heavy atom. The minimum absolute atomic E-state index is 0.0619. The van der Waals surface area contributed by atoms with Gasteiger partial charge < -0.3 is 15.8 Å². The molecule has 118 valence electrons. The standard InChI is InChI=1S/C15H25ClN4O/c1-4-18-13(12-9-11(16)10-19-14(12)17)15(2,3)20-5-7-21-8-6-20/h9-10,13,18H,4-8H2,1-3H3,(H2,17,19). The molecule has 0 aromatic carbocycles. The molecule has 1 aliphatic heterocycles. The molecule has 1 atom stereocenters. The number of anilines is 1. The third-order valence-corrected chi connectivity index (χ3v) is 4.37. The largest absolute Gasteiger partial charge is 0.383 e. The van der Waals surface area contributed by atoms with Crippen LogP contribution in [0, 0.1) is 0 Å². The van der Waals surface area contributed by atoms with Crippen LogP contribution in [0.4, 0.5) is 5.82 Å². The minimum atomic E-state index is -0.111. The first kappa shape index (κ1) is 16.5. The lowest BCUT2D eigenvalue weighted by atomic mass is 9.86. The van der Waals surface area contributed by atoms with Gasteiger partial charge in [-0.05, 0) is 26.5 Å². The molecule has 21 heavy (non-hydrogen) atoms. The monoisotopic (exact) mass is 312 g/mol. The molecule has 0 aliphatic carbocycles. The van der Waals surface area contributed by atoms with Crippen LogP contribution in [-0.2, 0) is 4.74 Å². The molecule has 1 aliphatic rings. The molecule has 5 nitrogen and oxygen atoms in total. The van der Waals surface area contributed by atoms with Crippen molar-refractivity contribution in [3.05, 3.63) is 22.8 Å². The molecular formula is C15H25ClN4O. The van der Waals surface area contributed by atoms with Crippen molar-refractivity contribution in [2.24, 2.45) is 0 Å². The zero-order chi connectivity index (χ0) is 15.5. The highest BCUT2D eigenvalue weighted by atomic mass is 35.5. The maximum atomic E-state index is 6.12. The van der Waals surface area contributed by atoms with Gasteiger partial charge in [0.1, 0.15) is 5.82 Å². The van der Waals surface area contributed by atoms with Gasteiger partial charge in [0, 0.05) is 30.4 Å². The highest BCUT2D eigenvalue weighted by molar-refractivity contribution is 6.30. The fourth-order valence-corrected chi connectivity index (χ4v) is 3.13. The van der Waals surface area contributed by atoms with Crippen LogP contribution < -0.4 is 11.1 Å². The topological polar surface area (TPSA) is 63.4 Å². The fourth-order valence-electron chi connectivity index (χ4n) is 2.96. The Labute approximate surface area is 131 Å². The van der Waals surface area contributed by atoms with Crippen LogP contribution in [0.15, 0.2) is 12.3 Å². The van der Waals surface area contributed by atoms with Crippen LogP contribution in [0.5, 0.6) is 0 Å². The molecule has 0 spiro atoms. The number of halogens is 1. The first-order valence-corrected chi connectivity index (χ1v) is 7.81. The van der Waals surface area contributed by atoms with Crippen LogP contribution in [-0.4, -0.2) is 48.3 Å². The highest BCUT2D eigenvalue weighted by Gasteiger charge is 2.37. The predicted octanol–water partition coefficient (Wildman–Crippen LogP) is 2.08. The second kappa shape index (κ2) is 6.92. The van der Waals surface area contributed by atoms with Crippen LogP contribution >= 0.6 is 11.6 Å². The fraction of sp³-hybridized carbons (Fsp3) is 0.667. The van der Waals surface area contributed by atoms with Crippen molar-refractivity contribution in [2.75, 3.05) is 38.6 Å². The Balaban J connectivity index is 2.34. The minimum Gasteiger partial charge on any atom is -0.383 e. The number of pyridine rings is 1. The summed E-state index contributed by atoms with van der Waals surface area (Å²) in [5.74, 6) is 0.534. The smallest absolute Gasteiger partial charge is 0.128 e. The molecule has 1 fully saturated rings. The summed E-state index contributed by atoms with van der Waals surface area (Å²) in [7, 11) is 0. The molecule has 2 rings (SSSR count). The van der Waals surface area contributed by atoms with E-state index in [9.17, 15) is 0 Å². The van der Waals surface area contributed by atoms with Crippen molar-refractivity contribution in [3.8, 4) is 0 Å². The Hall–Kier alpha value is -0.880. The number of nitrogens with zero attached hydrogens (tertiary/aromatic N) is 2. The van der Waals surface area contributed by atoms with E-state index < -0.39 is 0 Å². The Kier molecular flexibility index (Phi) is 5.43. The number of hydrogen-bond donors (Lipinski definition) is 2. The maximum absolute atomic E-state index is 6.12. The van der Waals surface area contributed by atoms with Crippen molar-refractivity contribution < 1.29 is 4.74 Å². The predicted molar refractivity (Wildman–Crippen MR) is 86.5 cm³/mol. The van der Waals surface area contributed by atoms with Gasteiger partial charge in [-0.2, -0.15) is 0 Å². The third kappa shape index (κ3) is 3.66. The molecule has 6 heteroatoms. The number of nitrogens with two attached hydrogens (primary N) is 1. The average Bonchev–Trinajstić information content (AvgIpc) is 2.48. The lowest BCUT2D eigenvalue weighted by molar-refractivity contribution is -0.0235. The molecule has 0 saturated carbocycles. The van der Waals surface area contributed by atoms with Crippen molar-refractivity contribution in [1.29, 1.82) is 0 Å². The van der Waals surface area contributed by atoms with Crippen molar-refractivity contribution in [1.82, 2.24) is 15.2 Å². The molecule has 3 N–H and O–H groups in total. The second-order valence-electron chi connectivity index (χ2n) is 5.87. The van der Waals surface area contributed by atoms with Gasteiger partial charge in [-0.1, -0.05) is 18.5 Å². The van der Waals surface area contributed by atoms with E-state index in [4.69, 9.17) is 22.1 Å². The first-order chi connectivity index (χ1) is 9.96. The number of nitrogen functional groups attached to an aromatic ring is 1. The van der Waals surface area contributed by atoms with E-state index in [0.29, 0.717) is 10.8 Å². The summed E-state index contributed by atoms with van der Waals surface area (Å²) in [6, 6.07) is 1.98. The van der Waals surface area contributed by atoms with Gasteiger partial charge in [-0.25, -0.2) is 4.98 Å². The molecule has 0 bridgehead atoms. The summed E-state index contributed by atoms with van der Waals surface area (Å²) in [5, 5.41) is 4.15. The van der Waals surface area contributed by atoms with E-state index in [0.717, 1.165) is 38.4 Å². The summed E-state index contributed by atoms with van der Waals surface area (Å²) in [4.78, 5) is 6.64. The van der Waals surface area contributed by atoms with E-state index in [1.807, 2.05) is 6.07 Å². The van der Waals surface area contributed by atoms with Crippen molar-refractivity contribution in [2.45, 2.75) is 32.4 Å². The number of hydrogen-bond acceptors (Lipinski definition) is 5. The first-order valence-electron chi connectivity index (χ1n) is 7.44. The van der Waals surface area contributed by atoms with E-state index in [-0.39, 0.29) is 11.6 Å². The maximum Gasteiger partial charge on any atom is 0.128 e. The van der Waals surface area contributed by atoms with Crippen LogP contribution in [0.25, 0.3) is 0 Å². The molecule has 2 heterocycles. The zero-order valence-electron chi connectivity index (χ0n) is 13.0. The molecule has 1 aromatic rings. The molecule has 1 aromatic heterocycles.